The van der Waals surface area contributed by atoms with Crippen LogP contribution in [0.3, 0.4) is 0 Å². The second kappa shape index (κ2) is 8.79. The van der Waals surface area contributed by atoms with Crippen molar-refractivity contribution < 1.29 is 9.53 Å². The van der Waals surface area contributed by atoms with Crippen LogP contribution in [-0.4, -0.2) is 26.8 Å². The summed E-state index contributed by atoms with van der Waals surface area (Å²) in [6, 6.07) is 7.63. The molecule has 1 amide bonds. The molecule has 0 unspecified atom stereocenters. The summed E-state index contributed by atoms with van der Waals surface area (Å²) >= 11 is 1.22. The van der Waals surface area contributed by atoms with Gasteiger partial charge < -0.3 is 10.1 Å². The summed E-state index contributed by atoms with van der Waals surface area (Å²) in [5.74, 6) is 0.525. The average molecular weight is 427 g/mol. The number of para-hydroxylation sites is 1. The van der Waals surface area contributed by atoms with Gasteiger partial charge in [-0.3, -0.25) is 9.59 Å². The highest BCUT2D eigenvalue weighted by Crippen LogP contribution is 2.29. The van der Waals surface area contributed by atoms with Gasteiger partial charge in [0.1, 0.15) is 15.6 Å². The van der Waals surface area contributed by atoms with E-state index in [2.05, 4.69) is 15.4 Å². The summed E-state index contributed by atoms with van der Waals surface area (Å²) in [5.41, 5.74) is 3.30. The van der Waals surface area contributed by atoms with Crippen LogP contribution in [0.5, 0.6) is 5.75 Å². The van der Waals surface area contributed by atoms with Gasteiger partial charge in [0.2, 0.25) is 0 Å². The number of rotatable bonds is 6. The number of nitrogens with zero attached hydrogens (tertiary/aromatic N) is 3. The molecule has 0 aliphatic heterocycles. The van der Waals surface area contributed by atoms with Crippen molar-refractivity contribution in [3.63, 3.8) is 0 Å². The van der Waals surface area contributed by atoms with Crippen molar-refractivity contribution in [2.45, 2.75) is 47.3 Å². The minimum atomic E-state index is -0.226. The Bertz CT molecular complexity index is 1150. The van der Waals surface area contributed by atoms with Crippen LogP contribution in [0.15, 0.2) is 29.1 Å². The average Bonchev–Trinajstić information content (AvgIpc) is 3.06. The molecule has 158 valence electrons. The molecule has 3 aromatic rings. The van der Waals surface area contributed by atoms with Gasteiger partial charge in [0.05, 0.1) is 23.1 Å². The summed E-state index contributed by atoms with van der Waals surface area (Å²) in [4.78, 5) is 30.5. The smallest absolute Gasteiger partial charge is 0.277 e. The first-order chi connectivity index (χ1) is 14.2. The Kier molecular flexibility index (Phi) is 6.36. The number of aromatic nitrogens is 3. The third kappa shape index (κ3) is 4.43. The number of thiazole rings is 1. The van der Waals surface area contributed by atoms with Crippen molar-refractivity contribution in [1.82, 2.24) is 20.1 Å². The fourth-order valence-corrected chi connectivity index (χ4v) is 4.17. The first-order valence-corrected chi connectivity index (χ1v) is 10.6. The second-order valence-electron chi connectivity index (χ2n) is 7.40. The Morgan fingerprint density at radius 1 is 1.20 bits per heavy atom. The molecule has 0 aliphatic carbocycles. The summed E-state index contributed by atoms with van der Waals surface area (Å²) in [5, 5.41) is 7.68. The van der Waals surface area contributed by atoms with E-state index in [1.54, 1.807) is 14.0 Å². The van der Waals surface area contributed by atoms with E-state index in [-0.39, 0.29) is 17.6 Å². The summed E-state index contributed by atoms with van der Waals surface area (Å²) in [6.45, 7) is 9.74. The highest BCUT2D eigenvalue weighted by Gasteiger charge is 2.21. The summed E-state index contributed by atoms with van der Waals surface area (Å²) < 4.78 is 7.12. The van der Waals surface area contributed by atoms with Gasteiger partial charge in [-0.1, -0.05) is 18.2 Å². The first-order valence-electron chi connectivity index (χ1n) is 9.74. The standard InChI is InChI=1S/C22H26N4O3S/c1-12(2)29-17-10-8-7-9-16(17)11-23-20(27)19-15(5)24-21(30-19)18-13(3)14(4)25-26(6)22(18)28/h7-10,12H,11H2,1-6H3,(H,23,27). The monoisotopic (exact) mass is 426 g/mol. The Morgan fingerprint density at radius 2 is 1.90 bits per heavy atom. The number of amides is 1. The van der Waals surface area contributed by atoms with Crippen molar-refractivity contribution in [3.8, 4) is 16.3 Å². The van der Waals surface area contributed by atoms with E-state index < -0.39 is 0 Å². The van der Waals surface area contributed by atoms with Crippen molar-refractivity contribution in [3.05, 3.63) is 62.0 Å². The SMILES string of the molecule is Cc1nc(-c2c(C)c(C)nn(C)c2=O)sc1C(=O)NCc1ccccc1OC(C)C. The number of hydrogen-bond acceptors (Lipinski definition) is 6. The van der Waals surface area contributed by atoms with E-state index in [1.165, 1.54) is 16.0 Å². The van der Waals surface area contributed by atoms with Gasteiger partial charge in [0.25, 0.3) is 11.5 Å². The van der Waals surface area contributed by atoms with E-state index in [0.717, 1.165) is 22.6 Å². The number of ether oxygens (including phenoxy) is 1. The van der Waals surface area contributed by atoms with Crippen LogP contribution in [0.2, 0.25) is 0 Å². The van der Waals surface area contributed by atoms with Crippen molar-refractivity contribution >= 4 is 17.2 Å². The predicted molar refractivity (Wildman–Crippen MR) is 118 cm³/mol. The molecule has 1 N–H and O–H groups in total. The van der Waals surface area contributed by atoms with E-state index in [9.17, 15) is 9.59 Å². The fourth-order valence-electron chi connectivity index (χ4n) is 3.09. The molecule has 2 aromatic heterocycles. The molecular weight excluding hydrogens is 400 g/mol. The Balaban J connectivity index is 1.85. The van der Waals surface area contributed by atoms with Crippen LogP contribution in [0, 0.1) is 20.8 Å². The number of nitrogens with one attached hydrogen (secondary N) is 1. The molecule has 8 heteroatoms. The molecule has 0 saturated carbocycles. The maximum Gasteiger partial charge on any atom is 0.277 e. The Labute approximate surface area is 179 Å². The van der Waals surface area contributed by atoms with Gasteiger partial charge >= 0.3 is 0 Å². The zero-order chi connectivity index (χ0) is 22.0. The molecule has 0 atom stereocenters. The summed E-state index contributed by atoms with van der Waals surface area (Å²) in [6.07, 6.45) is 0.0443. The highest BCUT2D eigenvalue weighted by molar-refractivity contribution is 7.17. The highest BCUT2D eigenvalue weighted by atomic mass is 32.1. The van der Waals surface area contributed by atoms with Crippen LogP contribution in [-0.2, 0) is 13.6 Å². The fraction of sp³-hybridized carbons (Fsp3) is 0.364. The number of carbonyl (C=O) groups excluding carboxylic acids is 1. The number of aryl methyl sites for hydroxylation is 3. The maximum absolute atomic E-state index is 12.8. The molecule has 0 bridgehead atoms. The van der Waals surface area contributed by atoms with Gasteiger partial charge in [0.15, 0.2) is 0 Å². The quantitative estimate of drug-likeness (QED) is 0.651. The third-order valence-electron chi connectivity index (χ3n) is 4.72. The lowest BCUT2D eigenvalue weighted by Crippen LogP contribution is -2.23. The molecular formula is C22H26N4O3S. The molecule has 7 nitrogen and oxygen atoms in total. The zero-order valence-corrected chi connectivity index (χ0v) is 18.9. The van der Waals surface area contributed by atoms with E-state index >= 15 is 0 Å². The largest absolute Gasteiger partial charge is 0.491 e. The normalized spacial score (nSPS) is 11.0. The molecule has 2 heterocycles. The van der Waals surface area contributed by atoms with Crippen LogP contribution in [0.4, 0.5) is 0 Å². The zero-order valence-electron chi connectivity index (χ0n) is 18.1. The molecule has 0 radical (unpaired) electrons. The Morgan fingerprint density at radius 3 is 2.60 bits per heavy atom. The molecule has 30 heavy (non-hydrogen) atoms. The molecule has 0 saturated heterocycles. The Hall–Kier alpha value is -3.00. The van der Waals surface area contributed by atoms with Crippen molar-refractivity contribution in [2.24, 2.45) is 7.05 Å². The van der Waals surface area contributed by atoms with Crippen molar-refractivity contribution in [1.29, 1.82) is 0 Å². The van der Waals surface area contributed by atoms with Gasteiger partial charge in [-0.2, -0.15) is 5.10 Å². The van der Waals surface area contributed by atoms with Gasteiger partial charge in [-0.25, -0.2) is 9.67 Å². The van der Waals surface area contributed by atoms with Crippen LogP contribution in [0.25, 0.3) is 10.6 Å². The van der Waals surface area contributed by atoms with E-state index in [4.69, 9.17) is 4.74 Å². The molecule has 1 aromatic carbocycles. The second-order valence-corrected chi connectivity index (χ2v) is 8.40. The topological polar surface area (TPSA) is 86.1 Å². The summed E-state index contributed by atoms with van der Waals surface area (Å²) in [7, 11) is 1.61. The van der Waals surface area contributed by atoms with Crippen LogP contribution >= 0.6 is 11.3 Å². The van der Waals surface area contributed by atoms with Gasteiger partial charge in [0, 0.05) is 19.2 Å². The number of carbonyl (C=O) groups is 1. The number of hydrogen-bond donors (Lipinski definition) is 1. The third-order valence-corrected chi connectivity index (χ3v) is 5.89. The number of benzene rings is 1. The predicted octanol–water partition coefficient (Wildman–Crippen LogP) is 3.55. The van der Waals surface area contributed by atoms with Gasteiger partial charge in [-0.15, -0.1) is 11.3 Å². The maximum atomic E-state index is 12.8. The van der Waals surface area contributed by atoms with Crippen molar-refractivity contribution in [2.75, 3.05) is 0 Å². The molecule has 0 spiro atoms. The van der Waals surface area contributed by atoms with Gasteiger partial charge in [-0.05, 0) is 46.2 Å². The lowest BCUT2D eigenvalue weighted by molar-refractivity contribution is 0.0953. The van der Waals surface area contributed by atoms with E-state index in [0.29, 0.717) is 27.7 Å². The lowest BCUT2D eigenvalue weighted by Gasteiger charge is -2.14. The molecule has 0 fully saturated rings. The van der Waals surface area contributed by atoms with E-state index in [1.807, 2.05) is 52.0 Å². The van der Waals surface area contributed by atoms with Crippen LogP contribution in [0.1, 0.15) is 46.0 Å². The molecule has 0 aliphatic rings. The lowest BCUT2D eigenvalue weighted by atomic mass is 10.1. The van der Waals surface area contributed by atoms with Crippen LogP contribution < -0.4 is 15.6 Å². The minimum absolute atomic E-state index is 0.0443. The minimum Gasteiger partial charge on any atom is -0.491 e. The molecule has 3 rings (SSSR count). The first kappa shape index (κ1) is 21.7.